The summed E-state index contributed by atoms with van der Waals surface area (Å²) >= 11 is 8.20. The van der Waals surface area contributed by atoms with Gasteiger partial charge >= 0.3 is 0 Å². The molecule has 1 unspecified atom stereocenters. The van der Waals surface area contributed by atoms with Gasteiger partial charge in [0.25, 0.3) is 0 Å². The molecule has 342 valence electrons. The Morgan fingerprint density at radius 2 is 1.50 bits per heavy atom. The van der Waals surface area contributed by atoms with Gasteiger partial charge in [0.05, 0.1) is 29.5 Å². The van der Waals surface area contributed by atoms with Crippen LogP contribution in [0.25, 0.3) is 0 Å². The first-order valence-corrected chi connectivity index (χ1v) is 22.7. The number of amides is 3. The smallest absolute Gasteiger partial charge is 0.222 e. The van der Waals surface area contributed by atoms with E-state index in [9.17, 15) is 35.0 Å². The van der Waals surface area contributed by atoms with Crippen LogP contribution in [-0.2, 0) is 33.3 Å². The summed E-state index contributed by atoms with van der Waals surface area (Å²) in [5.41, 5.74) is -1.21. The lowest BCUT2D eigenvalue weighted by Gasteiger charge is -2.40. The van der Waals surface area contributed by atoms with Gasteiger partial charge in [-0.1, -0.05) is 72.4 Å². The fourth-order valence-electron chi connectivity index (χ4n) is 4.89. The number of nitriles is 1. The third-order valence-corrected chi connectivity index (χ3v) is 10.3. The molecule has 0 bridgehead atoms. The minimum absolute atomic E-state index is 0.0199. The zero-order valence-corrected chi connectivity index (χ0v) is 40.9. The average Bonchev–Trinajstić information content (AvgIpc) is 3.13. The summed E-state index contributed by atoms with van der Waals surface area (Å²) < 4.78 is 22.7. The Hall–Kier alpha value is -1.59. The summed E-state index contributed by atoms with van der Waals surface area (Å²) in [7, 11) is 0. The summed E-state index contributed by atoms with van der Waals surface area (Å²) in [6.07, 6.45) is -2.57. The van der Waals surface area contributed by atoms with E-state index in [1.54, 1.807) is 11.8 Å². The Morgan fingerprint density at radius 3 is 2.00 bits per heavy atom. The number of rotatable bonds is 20. The average molecular weight is 885 g/mol. The number of unbranched alkanes of at least 4 members (excludes halogenated alkanes) is 2. The standard InChI is InChI=1S/C21H38N2O3S3.C16H30N2O7.2C2H6/c1-10-28-17(27)29-21(9,13-22)12-11-16(24)23-14-19(5,6)25-15-20(7,8)26-18(2,3)4;1-9(2)14(22)17-7-5-4-6-8-24-16-11(18-10(3)19)12(20)13(21)15(23)25-16;2*1-2/h10-12,14-15H2,1-9H3,(H,23,24);9,11-13,15-16,20-21,23H,4-8H2,1-3H3,(H,17,22)(H,18,19);2*1-2H3/t;11-,12-,13-,15+,16-;;/m.1../s1. The highest BCUT2D eigenvalue weighted by molar-refractivity contribution is 8.47. The van der Waals surface area contributed by atoms with Crippen molar-refractivity contribution in [1.82, 2.24) is 16.0 Å². The monoisotopic (exact) mass is 885 g/mol. The van der Waals surface area contributed by atoms with Gasteiger partial charge in [0.2, 0.25) is 17.7 Å². The molecule has 1 saturated heterocycles. The van der Waals surface area contributed by atoms with Gasteiger partial charge in [-0.2, -0.15) is 5.26 Å². The van der Waals surface area contributed by atoms with Crippen LogP contribution in [0.15, 0.2) is 0 Å². The number of carbonyl (C=O) groups is 3. The molecular formula is C41H80N4O10S3. The van der Waals surface area contributed by atoms with Crippen molar-refractivity contribution in [3.05, 3.63) is 0 Å². The van der Waals surface area contributed by atoms with Gasteiger partial charge in [-0.3, -0.25) is 14.4 Å². The maximum Gasteiger partial charge on any atom is 0.222 e. The molecule has 3 amide bonds. The predicted octanol–water partition coefficient (Wildman–Crippen LogP) is 6.22. The van der Waals surface area contributed by atoms with Gasteiger partial charge in [-0.05, 0) is 86.8 Å². The number of nitrogens with zero attached hydrogens (tertiary/aromatic N) is 1. The molecule has 1 aliphatic rings. The van der Waals surface area contributed by atoms with E-state index in [4.69, 9.17) is 31.2 Å². The molecule has 0 aromatic rings. The number of hydrogen-bond donors (Lipinski definition) is 6. The van der Waals surface area contributed by atoms with E-state index in [0.717, 1.165) is 22.1 Å². The van der Waals surface area contributed by atoms with Crippen molar-refractivity contribution < 1.29 is 48.7 Å². The Balaban J connectivity index is -0.000000967. The molecule has 1 rings (SSSR count). The van der Waals surface area contributed by atoms with Gasteiger partial charge in [0.1, 0.15) is 26.5 Å². The van der Waals surface area contributed by atoms with Crippen molar-refractivity contribution in [1.29, 1.82) is 5.26 Å². The van der Waals surface area contributed by atoms with Crippen LogP contribution in [-0.4, -0.2) is 121 Å². The Bertz CT molecular complexity index is 1210. The Labute approximate surface area is 364 Å². The number of hydrogen-bond acceptors (Lipinski definition) is 14. The van der Waals surface area contributed by atoms with Crippen molar-refractivity contribution in [3.63, 3.8) is 0 Å². The summed E-state index contributed by atoms with van der Waals surface area (Å²) in [4.78, 5) is 34.9. The summed E-state index contributed by atoms with van der Waals surface area (Å²) in [6.45, 7) is 32.4. The molecular weight excluding hydrogens is 805 g/mol. The molecule has 0 aliphatic carbocycles. The van der Waals surface area contributed by atoms with Crippen LogP contribution in [0.3, 0.4) is 0 Å². The third kappa shape index (κ3) is 29.6. The number of thioether (sulfide) groups is 2. The lowest BCUT2D eigenvalue weighted by atomic mass is 10.0. The van der Waals surface area contributed by atoms with E-state index in [1.807, 2.05) is 104 Å². The number of carbonyl (C=O) groups excluding carboxylic acids is 3. The minimum atomic E-state index is -1.59. The van der Waals surface area contributed by atoms with Crippen LogP contribution in [0.1, 0.15) is 143 Å². The number of aliphatic hydroxyl groups excluding tert-OH is 3. The zero-order valence-electron chi connectivity index (χ0n) is 38.4. The van der Waals surface area contributed by atoms with E-state index in [1.165, 1.54) is 18.7 Å². The van der Waals surface area contributed by atoms with Crippen molar-refractivity contribution in [2.75, 3.05) is 32.1 Å². The molecule has 0 saturated carbocycles. The molecule has 1 heterocycles. The normalized spacial score (nSPS) is 20.3. The van der Waals surface area contributed by atoms with Gasteiger partial charge in [-0.25, -0.2) is 0 Å². The first kappa shape index (κ1) is 60.7. The number of aliphatic hydroxyl groups is 3. The lowest BCUT2D eigenvalue weighted by molar-refractivity contribution is -0.315. The van der Waals surface area contributed by atoms with Gasteiger partial charge in [0.15, 0.2) is 12.6 Å². The molecule has 6 N–H and O–H groups in total. The molecule has 0 aromatic heterocycles. The van der Waals surface area contributed by atoms with Crippen LogP contribution < -0.4 is 16.0 Å². The van der Waals surface area contributed by atoms with Crippen LogP contribution in [0.2, 0.25) is 0 Å². The largest absolute Gasteiger partial charge is 0.388 e. The second kappa shape index (κ2) is 31.3. The highest BCUT2D eigenvalue weighted by atomic mass is 32.2. The van der Waals surface area contributed by atoms with E-state index >= 15 is 0 Å². The SMILES string of the molecule is CC.CC.CC(=O)N[C@H]1[C@H](OCCCCCNC(=O)C(C)C)O[C@H](O)[C@H](O)[C@@H]1O.CCSC(=S)SC(C)(C#N)CCC(=O)NCC(C)(C)OCC(C)(C)OC(C)(C)C. The quantitative estimate of drug-likeness (QED) is 0.0593. The number of ether oxygens (including phenoxy) is 4. The summed E-state index contributed by atoms with van der Waals surface area (Å²) in [5.74, 6) is 0.353. The fraction of sp³-hybridized carbons (Fsp3) is 0.878. The highest BCUT2D eigenvalue weighted by Crippen LogP contribution is 2.34. The second-order valence-corrected chi connectivity index (χ2v) is 19.9. The van der Waals surface area contributed by atoms with Crippen LogP contribution in [0.5, 0.6) is 0 Å². The molecule has 0 aromatic carbocycles. The summed E-state index contributed by atoms with van der Waals surface area (Å²) in [6, 6.07) is 1.32. The number of nitrogens with one attached hydrogen (secondary N) is 3. The van der Waals surface area contributed by atoms with Crippen molar-refractivity contribution in [2.24, 2.45) is 5.92 Å². The maximum absolute atomic E-state index is 12.3. The number of thiocarbonyl (C=S) groups is 1. The Kier molecular flexibility index (Phi) is 32.7. The van der Waals surface area contributed by atoms with Crippen molar-refractivity contribution in [2.45, 2.75) is 195 Å². The van der Waals surface area contributed by atoms with E-state index in [2.05, 4.69) is 22.0 Å². The van der Waals surface area contributed by atoms with Gasteiger partial charge in [0, 0.05) is 39.0 Å². The molecule has 17 heteroatoms. The van der Waals surface area contributed by atoms with Crippen LogP contribution in [0.4, 0.5) is 0 Å². The molecule has 0 radical (unpaired) electrons. The predicted molar refractivity (Wildman–Crippen MR) is 240 cm³/mol. The molecule has 6 atom stereocenters. The van der Waals surface area contributed by atoms with Crippen molar-refractivity contribution >= 4 is 57.0 Å². The van der Waals surface area contributed by atoms with E-state index in [-0.39, 0.29) is 36.4 Å². The Morgan fingerprint density at radius 1 is 0.914 bits per heavy atom. The third-order valence-electron chi connectivity index (χ3n) is 7.61. The van der Waals surface area contributed by atoms with Gasteiger partial charge in [-0.15, -0.1) is 11.8 Å². The first-order valence-electron chi connectivity index (χ1n) is 20.5. The molecule has 1 fully saturated rings. The molecule has 58 heavy (non-hydrogen) atoms. The highest BCUT2D eigenvalue weighted by Gasteiger charge is 2.45. The first-order chi connectivity index (χ1) is 26.8. The molecule has 0 spiro atoms. The van der Waals surface area contributed by atoms with Gasteiger partial charge < -0.3 is 50.2 Å². The lowest BCUT2D eigenvalue weighted by Crippen LogP contribution is -2.63. The van der Waals surface area contributed by atoms with Crippen molar-refractivity contribution in [3.8, 4) is 6.07 Å². The van der Waals surface area contributed by atoms with Crippen LogP contribution >= 0.6 is 35.7 Å². The second-order valence-electron chi connectivity index (χ2n) is 15.9. The topological polar surface area (TPSA) is 209 Å². The molecule has 1 aliphatic heterocycles. The minimum Gasteiger partial charge on any atom is -0.388 e. The van der Waals surface area contributed by atoms with E-state index < -0.39 is 52.7 Å². The van der Waals surface area contributed by atoms with Crippen LogP contribution in [0, 0.1) is 17.2 Å². The maximum atomic E-state index is 12.3. The zero-order chi connectivity index (χ0) is 45.9. The van der Waals surface area contributed by atoms with E-state index in [0.29, 0.717) is 32.5 Å². The fourth-order valence-corrected chi connectivity index (χ4v) is 7.79. The molecule has 14 nitrogen and oxygen atoms in total. The summed E-state index contributed by atoms with van der Waals surface area (Å²) in [5, 5.41) is 46.9.